The van der Waals surface area contributed by atoms with Crippen LogP contribution in [-0.2, 0) is 9.53 Å². The van der Waals surface area contributed by atoms with Crippen molar-refractivity contribution in [2.75, 3.05) is 7.11 Å². The van der Waals surface area contributed by atoms with E-state index < -0.39 is 36.5 Å². The lowest BCUT2D eigenvalue weighted by atomic mass is 9.82. The van der Waals surface area contributed by atoms with Crippen LogP contribution in [0.1, 0.15) is 67.2 Å². The first-order chi connectivity index (χ1) is 18.7. The van der Waals surface area contributed by atoms with Crippen LogP contribution < -0.4 is 0 Å². The summed E-state index contributed by atoms with van der Waals surface area (Å²) in [4.78, 5) is 11.1. The average Bonchev–Trinajstić information content (AvgIpc) is 2.93. The summed E-state index contributed by atoms with van der Waals surface area (Å²) in [6.45, 7) is 15.3. The average molecular weight is 565 g/mol. The molecular weight excluding hydrogens is 508 g/mol. The van der Waals surface area contributed by atoms with Crippen molar-refractivity contribution >= 4 is 5.97 Å². The van der Waals surface area contributed by atoms with E-state index >= 15 is 0 Å². The number of esters is 1. The monoisotopic (exact) mass is 564 g/mol. The molecule has 0 fully saturated rings. The molecule has 0 aliphatic rings. The van der Waals surface area contributed by atoms with Gasteiger partial charge >= 0.3 is 5.97 Å². The number of allylic oxidation sites excluding steroid dienone is 4. The largest absolute Gasteiger partial charge is 0.466 e. The fraction of sp³-hybridized carbons (Fsp3) is 0.667. The van der Waals surface area contributed by atoms with Crippen LogP contribution in [0.4, 0.5) is 0 Å². The molecule has 0 spiro atoms. The Bertz CT molecular complexity index is 818. The molecule has 0 aromatic rings. The number of rotatable bonds is 20. The number of carbonyl (C=O) groups is 1. The predicted molar refractivity (Wildman–Crippen MR) is 162 cm³/mol. The second-order valence-corrected chi connectivity index (χ2v) is 11.5. The summed E-state index contributed by atoms with van der Waals surface area (Å²) in [7, 11) is 1.30. The van der Waals surface area contributed by atoms with E-state index in [2.05, 4.69) is 18.2 Å². The molecule has 0 radical (unpaired) electrons. The highest BCUT2D eigenvalue weighted by atomic mass is 16.5. The Morgan fingerprint density at radius 3 is 1.93 bits per heavy atom. The number of hydrogen-bond donors (Lipinski definition) is 5. The van der Waals surface area contributed by atoms with Gasteiger partial charge in [-0.2, -0.15) is 0 Å². The van der Waals surface area contributed by atoms with E-state index in [0.717, 1.165) is 12.8 Å². The SMILES string of the molecule is C=CC=C[C@H](C)[C@H](O)[C@@H](C)[C@H](O)CC[C@H](C)C[C@H](C)[C@@H](O)[C@@H](C)C=C[C@@H](O)C[C@H](O)[C@H](C)C=CC=CC(=O)OC. The quantitative estimate of drug-likeness (QED) is 0.0625. The lowest BCUT2D eigenvalue weighted by Crippen LogP contribution is -2.33. The van der Waals surface area contributed by atoms with E-state index in [1.807, 2.05) is 40.7 Å². The summed E-state index contributed by atoms with van der Waals surface area (Å²) < 4.78 is 4.52. The minimum atomic E-state index is -0.853. The molecule has 0 aromatic carbocycles. The van der Waals surface area contributed by atoms with Crippen LogP contribution in [0.25, 0.3) is 0 Å². The molecule has 0 aromatic heterocycles. The zero-order valence-electron chi connectivity index (χ0n) is 25.6. The van der Waals surface area contributed by atoms with Gasteiger partial charge in [0.25, 0.3) is 0 Å². The molecule has 40 heavy (non-hydrogen) atoms. The summed E-state index contributed by atoms with van der Waals surface area (Å²) in [6, 6.07) is 0. The molecule has 0 heterocycles. The fourth-order valence-electron chi connectivity index (χ4n) is 4.73. The standard InChI is InChI=1S/C33H56O7/c1-9-10-13-24(4)33(39)27(7)29(35)19-16-22(2)20-26(6)32(38)25(5)17-18-28(34)21-30(36)23(3)14-11-12-15-31(37)40-8/h9-15,17-18,22-30,32-36,38-39H,1,16,19-21H2,2-8H3/t22-,23+,24-,25-,26-,27-,28+,29+,30-,32-,33-/m0/s1. The Labute approximate surface area is 242 Å². The summed E-state index contributed by atoms with van der Waals surface area (Å²) in [6.07, 6.45) is 13.8. The molecule has 7 nitrogen and oxygen atoms in total. The van der Waals surface area contributed by atoms with Gasteiger partial charge in [0.1, 0.15) is 0 Å². The molecule has 230 valence electrons. The highest BCUT2D eigenvalue weighted by molar-refractivity contribution is 5.82. The van der Waals surface area contributed by atoms with Crippen LogP contribution >= 0.6 is 0 Å². The minimum Gasteiger partial charge on any atom is -0.466 e. The van der Waals surface area contributed by atoms with Gasteiger partial charge in [0.15, 0.2) is 0 Å². The molecule has 0 aliphatic carbocycles. The summed E-state index contributed by atoms with van der Waals surface area (Å²) >= 11 is 0. The van der Waals surface area contributed by atoms with E-state index in [0.29, 0.717) is 6.42 Å². The second kappa shape index (κ2) is 20.8. The Hall–Kier alpha value is -2.03. The van der Waals surface area contributed by atoms with Gasteiger partial charge in [0, 0.05) is 36.2 Å². The summed E-state index contributed by atoms with van der Waals surface area (Å²) in [5.41, 5.74) is 0. The summed E-state index contributed by atoms with van der Waals surface area (Å²) in [5, 5.41) is 52.7. The number of aliphatic hydroxyl groups is 5. The molecule has 0 aliphatic heterocycles. The van der Waals surface area contributed by atoms with E-state index in [-0.39, 0.29) is 41.9 Å². The van der Waals surface area contributed by atoms with Gasteiger partial charge in [-0.1, -0.05) is 96.7 Å². The van der Waals surface area contributed by atoms with Crippen LogP contribution in [0, 0.1) is 35.5 Å². The molecule has 0 saturated heterocycles. The van der Waals surface area contributed by atoms with Gasteiger partial charge in [0.2, 0.25) is 0 Å². The Kier molecular flexibility index (Phi) is 19.7. The highest BCUT2D eigenvalue weighted by Crippen LogP contribution is 2.27. The highest BCUT2D eigenvalue weighted by Gasteiger charge is 2.27. The first-order valence-corrected chi connectivity index (χ1v) is 14.6. The Morgan fingerprint density at radius 1 is 0.725 bits per heavy atom. The van der Waals surface area contributed by atoms with Gasteiger partial charge < -0.3 is 30.3 Å². The van der Waals surface area contributed by atoms with Gasteiger partial charge in [-0.3, -0.25) is 0 Å². The first-order valence-electron chi connectivity index (χ1n) is 14.6. The van der Waals surface area contributed by atoms with Crippen LogP contribution in [-0.4, -0.2) is 69.1 Å². The molecule has 0 saturated carbocycles. The van der Waals surface area contributed by atoms with Crippen molar-refractivity contribution in [2.45, 2.75) is 97.7 Å². The topological polar surface area (TPSA) is 127 Å². The van der Waals surface area contributed by atoms with Crippen LogP contribution in [0.5, 0.6) is 0 Å². The summed E-state index contributed by atoms with van der Waals surface area (Å²) in [5.74, 6) is -0.884. The maximum atomic E-state index is 11.1. The maximum absolute atomic E-state index is 11.1. The molecule has 0 bridgehead atoms. The third-order valence-corrected chi connectivity index (χ3v) is 7.77. The van der Waals surface area contributed by atoms with E-state index in [1.54, 1.807) is 36.5 Å². The van der Waals surface area contributed by atoms with Crippen LogP contribution in [0.3, 0.4) is 0 Å². The number of ether oxygens (including phenoxy) is 1. The van der Waals surface area contributed by atoms with Crippen LogP contribution in [0.2, 0.25) is 0 Å². The van der Waals surface area contributed by atoms with Crippen molar-refractivity contribution in [1.29, 1.82) is 0 Å². The third-order valence-electron chi connectivity index (χ3n) is 7.77. The third kappa shape index (κ3) is 15.7. The zero-order chi connectivity index (χ0) is 30.8. The van der Waals surface area contributed by atoms with Crippen molar-refractivity contribution in [2.24, 2.45) is 35.5 Å². The lowest BCUT2D eigenvalue weighted by molar-refractivity contribution is -0.134. The number of aliphatic hydroxyl groups excluding tert-OH is 5. The molecule has 0 amide bonds. The van der Waals surface area contributed by atoms with Crippen molar-refractivity contribution in [3.63, 3.8) is 0 Å². The van der Waals surface area contributed by atoms with Crippen LogP contribution in [0.15, 0.2) is 61.3 Å². The van der Waals surface area contributed by atoms with Gasteiger partial charge in [-0.25, -0.2) is 4.79 Å². The van der Waals surface area contributed by atoms with E-state index in [1.165, 1.54) is 19.3 Å². The number of hydrogen-bond acceptors (Lipinski definition) is 7. The van der Waals surface area contributed by atoms with Gasteiger partial charge in [-0.05, 0) is 31.1 Å². The molecule has 5 N–H and O–H groups in total. The van der Waals surface area contributed by atoms with Gasteiger partial charge in [0.05, 0.1) is 37.6 Å². The zero-order valence-corrected chi connectivity index (χ0v) is 25.6. The first kappa shape index (κ1) is 38.0. The lowest BCUT2D eigenvalue weighted by Gasteiger charge is -2.29. The normalized spacial score (nSPS) is 21.1. The van der Waals surface area contributed by atoms with Crippen molar-refractivity contribution in [1.82, 2.24) is 0 Å². The van der Waals surface area contributed by atoms with Crippen molar-refractivity contribution in [3.8, 4) is 0 Å². The van der Waals surface area contributed by atoms with Crippen molar-refractivity contribution < 1.29 is 35.1 Å². The van der Waals surface area contributed by atoms with Gasteiger partial charge in [-0.15, -0.1) is 0 Å². The fourth-order valence-corrected chi connectivity index (χ4v) is 4.73. The molecule has 0 unspecified atom stereocenters. The van der Waals surface area contributed by atoms with E-state index in [4.69, 9.17) is 0 Å². The molecular formula is C33H56O7. The number of carbonyl (C=O) groups excluding carboxylic acids is 1. The second-order valence-electron chi connectivity index (χ2n) is 11.5. The Morgan fingerprint density at radius 2 is 1.32 bits per heavy atom. The molecule has 0 rings (SSSR count). The maximum Gasteiger partial charge on any atom is 0.330 e. The molecule has 7 heteroatoms. The van der Waals surface area contributed by atoms with E-state index in [9.17, 15) is 30.3 Å². The van der Waals surface area contributed by atoms with Crippen molar-refractivity contribution in [3.05, 3.63) is 61.3 Å². The molecule has 11 atom stereocenters. The number of methoxy groups -OCH3 is 1. The Balaban J connectivity index is 4.65. The predicted octanol–water partition coefficient (Wildman–Crippen LogP) is 4.75. The smallest absolute Gasteiger partial charge is 0.330 e. The minimum absolute atomic E-state index is 0.0183.